The number of likely N-dealkylation sites (N-methyl/N-ethyl adjacent to an activating group) is 1. The molecule has 1 saturated heterocycles. The van der Waals surface area contributed by atoms with Gasteiger partial charge in [-0.25, -0.2) is 4.99 Å². The van der Waals surface area contributed by atoms with Crippen LogP contribution < -0.4 is 5.32 Å². The molecule has 1 aromatic carbocycles. The zero-order chi connectivity index (χ0) is 21.1. The Balaban J connectivity index is 1.51. The molecule has 0 saturated carbocycles. The Hall–Kier alpha value is -3.38. The number of allylic oxidation sites excluding steroid dienone is 1. The third kappa shape index (κ3) is 4.28. The third-order valence-corrected chi connectivity index (χ3v) is 5.33. The molecule has 30 heavy (non-hydrogen) atoms. The molecule has 4 rings (SSSR count). The van der Waals surface area contributed by atoms with Crippen molar-refractivity contribution in [2.75, 3.05) is 32.1 Å². The van der Waals surface area contributed by atoms with Gasteiger partial charge < -0.3 is 19.9 Å². The number of ether oxygens (including phenoxy) is 1. The summed E-state index contributed by atoms with van der Waals surface area (Å²) in [5, 5.41) is 3.38. The van der Waals surface area contributed by atoms with E-state index in [1.54, 1.807) is 12.4 Å². The summed E-state index contributed by atoms with van der Waals surface area (Å²) in [5.41, 5.74) is 5.87. The van der Waals surface area contributed by atoms with Gasteiger partial charge in [-0.2, -0.15) is 0 Å². The van der Waals surface area contributed by atoms with Gasteiger partial charge in [-0.05, 0) is 37.3 Å². The van der Waals surface area contributed by atoms with Gasteiger partial charge in [-0.1, -0.05) is 30.9 Å². The normalized spacial score (nSPS) is 19.3. The zero-order valence-electron chi connectivity index (χ0n) is 17.5. The predicted molar refractivity (Wildman–Crippen MR) is 122 cm³/mol. The fraction of sp³-hybridized carbons (Fsp3) is 0.250. The Morgan fingerprint density at radius 3 is 2.63 bits per heavy atom. The molecule has 2 aromatic rings. The maximum atomic E-state index is 6.01. The highest BCUT2D eigenvalue weighted by Gasteiger charge is 2.29. The van der Waals surface area contributed by atoms with Gasteiger partial charge in [-0.15, -0.1) is 0 Å². The molecule has 6 heteroatoms. The first-order valence-corrected chi connectivity index (χ1v) is 10.0. The number of aryl methyl sites for hydroxylation is 1. The van der Waals surface area contributed by atoms with E-state index >= 15 is 0 Å². The van der Waals surface area contributed by atoms with Crippen molar-refractivity contribution in [3.8, 4) is 0 Å². The second kappa shape index (κ2) is 8.55. The highest BCUT2D eigenvalue weighted by atomic mass is 16.5. The van der Waals surface area contributed by atoms with Crippen LogP contribution in [-0.2, 0) is 4.74 Å². The minimum Gasteiger partial charge on any atom is -0.368 e. The number of pyridine rings is 1. The molecular formula is C24H27N5O. The van der Waals surface area contributed by atoms with Crippen molar-refractivity contribution < 1.29 is 4.74 Å². The molecule has 1 atom stereocenters. The summed E-state index contributed by atoms with van der Waals surface area (Å²) >= 11 is 0. The number of aliphatic imine (C=N–C) groups is 1. The predicted octanol–water partition coefficient (Wildman–Crippen LogP) is 3.87. The van der Waals surface area contributed by atoms with Gasteiger partial charge in [0, 0.05) is 48.6 Å². The van der Waals surface area contributed by atoms with Crippen molar-refractivity contribution in [2.24, 2.45) is 4.99 Å². The molecule has 0 bridgehead atoms. The Labute approximate surface area is 177 Å². The van der Waals surface area contributed by atoms with E-state index in [1.807, 2.05) is 30.2 Å². The highest BCUT2D eigenvalue weighted by Crippen LogP contribution is 2.26. The fourth-order valence-corrected chi connectivity index (χ4v) is 3.50. The second-order valence-corrected chi connectivity index (χ2v) is 7.55. The second-order valence-electron chi connectivity index (χ2n) is 7.55. The van der Waals surface area contributed by atoms with E-state index in [9.17, 15) is 0 Å². The van der Waals surface area contributed by atoms with Crippen molar-refractivity contribution >= 4 is 17.3 Å². The van der Waals surface area contributed by atoms with Crippen molar-refractivity contribution in [1.29, 1.82) is 0 Å². The van der Waals surface area contributed by atoms with Crippen molar-refractivity contribution in [2.45, 2.75) is 13.0 Å². The van der Waals surface area contributed by atoms with E-state index in [2.05, 4.69) is 59.5 Å². The van der Waals surface area contributed by atoms with E-state index < -0.39 is 0 Å². The number of nitrogens with one attached hydrogen (secondary N) is 1. The lowest BCUT2D eigenvalue weighted by molar-refractivity contribution is 0.0136. The maximum absolute atomic E-state index is 6.01. The van der Waals surface area contributed by atoms with E-state index in [4.69, 9.17) is 9.73 Å². The SMILES string of the molecule is C=C(Nc1ccc(C)cc1)C1CN(C2=NC(c3ccncc3)=CC(=C)N2C)CCO1. The minimum absolute atomic E-state index is 0.139. The lowest BCUT2D eigenvalue weighted by atomic mass is 10.1. The number of nitrogens with zero attached hydrogens (tertiary/aromatic N) is 4. The van der Waals surface area contributed by atoms with Gasteiger partial charge in [0.15, 0.2) is 0 Å². The Morgan fingerprint density at radius 2 is 1.90 bits per heavy atom. The van der Waals surface area contributed by atoms with Crippen LogP contribution in [0, 0.1) is 6.92 Å². The topological polar surface area (TPSA) is 53.0 Å². The van der Waals surface area contributed by atoms with Crippen LogP contribution in [0.4, 0.5) is 5.69 Å². The van der Waals surface area contributed by atoms with Crippen LogP contribution in [-0.4, -0.2) is 53.6 Å². The standard InChI is InChI=1S/C24H27N5O/c1-17-5-7-21(8-6-17)26-19(3)23-16-29(13-14-30-23)24-27-22(15-18(2)28(24)4)20-9-11-25-12-10-20/h5-12,15,23,26H,2-3,13-14,16H2,1,4H3. The monoisotopic (exact) mass is 401 g/mol. The quantitative estimate of drug-likeness (QED) is 0.843. The molecule has 3 heterocycles. The van der Waals surface area contributed by atoms with Crippen LogP contribution in [0.15, 0.2) is 84.4 Å². The molecule has 0 spiro atoms. The molecule has 154 valence electrons. The summed E-state index contributed by atoms with van der Waals surface area (Å²) in [6.07, 6.45) is 5.41. The molecule has 0 aliphatic carbocycles. The Kier molecular flexibility index (Phi) is 5.68. The number of benzene rings is 1. The van der Waals surface area contributed by atoms with Crippen LogP contribution >= 0.6 is 0 Å². The number of aromatic nitrogens is 1. The molecule has 2 aliphatic heterocycles. The van der Waals surface area contributed by atoms with Gasteiger partial charge >= 0.3 is 0 Å². The van der Waals surface area contributed by atoms with Gasteiger partial charge in [0.1, 0.15) is 6.10 Å². The first-order valence-electron chi connectivity index (χ1n) is 10.0. The van der Waals surface area contributed by atoms with Crippen LogP contribution in [0.25, 0.3) is 5.70 Å². The minimum atomic E-state index is -0.139. The molecule has 2 aliphatic rings. The number of morpholine rings is 1. The van der Waals surface area contributed by atoms with E-state index in [0.717, 1.165) is 40.8 Å². The fourth-order valence-electron chi connectivity index (χ4n) is 3.50. The van der Waals surface area contributed by atoms with Crippen molar-refractivity contribution in [3.05, 3.63) is 90.5 Å². The molecular weight excluding hydrogens is 374 g/mol. The van der Waals surface area contributed by atoms with Crippen LogP contribution in [0.3, 0.4) is 0 Å². The first kappa shape index (κ1) is 19.9. The lowest BCUT2D eigenvalue weighted by Gasteiger charge is -2.40. The number of hydrogen-bond donors (Lipinski definition) is 1. The Morgan fingerprint density at radius 1 is 1.17 bits per heavy atom. The summed E-state index contributed by atoms with van der Waals surface area (Å²) in [6, 6.07) is 12.2. The lowest BCUT2D eigenvalue weighted by Crippen LogP contribution is -2.51. The zero-order valence-corrected chi connectivity index (χ0v) is 17.5. The van der Waals surface area contributed by atoms with Gasteiger partial charge in [-0.3, -0.25) is 4.98 Å². The molecule has 6 nitrogen and oxygen atoms in total. The Bertz CT molecular complexity index is 994. The van der Waals surface area contributed by atoms with Crippen LogP contribution in [0.2, 0.25) is 0 Å². The largest absolute Gasteiger partial charge is 0.368 e. The van der Waals surface area contributed by atoms with Crippen LogP contribution in [0.5, 0.6) is 0 Å². The molecule has 1 fully saturated rings. The van der Waals surface area contributed by atoms with Crippen molar-refractivity contribution in [1.82, 2.24) is 14.8 Å². The first-order chi connectivity index (χ1) is 14.5. The number of hydrogen-bond acceptors (Lipinski definition) is 6. The van der Waals surface area contributed by atoms with Gasteiger partial charge in [0.25, 0.3) is 0 Å². The molecule has 1 aromatic heterocycles. The number of rotatable bonds is 4. The third-order valence-electron chi connectivity index (χ3n) is 5.33. The van der Waals surface area contributed by atoms with Crippen LogP contribution in [0.1, 0.15) is 11.1 Å². The number of anilines is 1. The van der Waals surface area contributed by atoms with Gasteiger partial charge in [0.2, 0.25) is 5.96 Å². The van der Waals surface area contributed by atoms with E-state index in [1.165, 1.54) is 5.56 Å². The summed E-state index contributed by atoms with van der Waals surface area (Å²) < 4.78 is 6.01. The number of guanidine groups is 1. The molecule has 1 unspecified atom stereocenters. The summed E-state index contributed by atoms with van der Waals surface area (Å²) in [5.74, 6) is 0.866. The summed E-state index contributed by atoms with van der Waals surface area (Å²) in [7, 11) is 1.99. The van der Waals surface area contributed by atoms with Gasteiger partial charge in [0.05, 0.1) is 18.8 Å². The summed E-state index contributed by atoms with van der Waals surface area (Å²) in [6.45, 7) is 12.5. The molecule has 0 radical (unpaired) electrons. The molecule has 0 amide bonds. The summed E-state index contributed by atoms with van der Waals surface area (Å²) in [4.78, 5) is 13.3. The van der Waals surface area contributed by atoms with E-state index in [-0.39, 0.29) is 6.10 Å². The average molecular weight is 402 g/mol. The van der Waals surface area contributed by atoms with Crippen molar-refractivity contribution in [3.63, 3.8) is 0 Å². The average Bonchev–Trinajstić information content (AvgIpc) is 2.78. The highest BCUT2D eigenvalue weighted by molar-refractivity contribution is 5.91. The molecule has 1 N–H and O–H groups in total. The van der Waals surface area contributed by atoms with E-state index in [0.29, 0.717) is 13.2 Å². The maximum Gasteiger partial charge on any atom is 0.206 e. The smallest absolute Gasteiger partial charge is 0.206 e.